The molecule has 0 bridgehead atoms. The maximum Gasteiger partial charge on any atom is 0.257 e. The Labute approximate surface area is 164 Å². The summed E-state index contributed by atoms with van der Waals surface area (Å²) in [6.45, 7) is 0. The van der Waals surface area contributed by atoms with Crippen LogP contribution in [0.15, 0.2) is 42.5 Å². The molecule has 0 saturated heterocycles. The summed E-state index contributed by atoms with van der Waals surface area (Å²) in [4.78, 5) is 20.3. The summed E-state index contributed by atoms with van der Waals surface area (Å²) >= 11 is 1.30. The van der Waals surface area contributed by atoms with Gasteiger partial charge in [0.25, 0.3) is 5.91 Å². The summed E-state index contributed by atoms with van der Waals surface area (Å²) in [5.74, 6) is 1.55. The number of aromatic nitrogens is 4. The molecule has 28 heavy (non-hydrogen) atoms. The van der Waals surface area contributed by atoms with Crippen LogP contribution in [0.5, 0.6) is 11.5 Å². The minimum absolute atomic E-state index is 0.316. The first kappa shape index (κ1) is 17.9. The normalized spacial score (nSPS) is 10.8. The zero-order chi connectivity index (χ0) is 19.5. The zero-order valence-corrected chi connectivity index (χ0v) is 16.0. The lowest BCUT2D eigenvalue weighted by Crippen LogP contribution is -2.12. The van der Waals surface area contributed by atoms with Crippen molar-refractivity contribution in [2.45, 2.75) is 6.42 Å². The van der Waals surface area contributed by atoms with Crippen molar-refractivity contribution in [3.05, 3.63) is 58.9 Å². The smallest absolute Gasteiger partial charge is 0.257 e. The predicted octanol–water partition coefficient (Wildman–Crippen LogP) is 3.27. The second kappa shape index (κ2) is 7.65. The van der Waals surface area contributed by atoms with E-state index in [0.29, 0.717) is 28.6 Å². The number of anilines is 1. The Balaban J connectivity index is 1.48. The molecule has 2 heterocycles. The molecule has 4 rings (SSSR count). The molecule has 0 aliphatic heterocycles. The summed E-state index contributed by atoms with van der Waals surface area (Å²) in [5, 5.41) is 12.1. The number of rotatable bonds is 6. The van der Waals surface area contributed by atoms with Crippen molar-refractivity contribution in [3.8, 4) is 11.5 Å². The van der Waals surface area contributed by atoms with E-state index in [2.05, 4.69) is 25.5 Å². The molecule has 0 fully saturated rings. The molecular formula is C19H17N5O3S. The van der Waals surface area contributed by atoms with Crippen LogP contribution in [-0.2, 0) is 6.42 Å². The number of para-hydroxylation sites is 2. The topological polar surface area (TPSA) is 102 Å². The van der Waals surface area contributed by atoms with Crippen LogP contribution in [0, 0.1) is 0 Å². The molecule has 0 radical (unpaired) electrons. The first-order valence-electron chi connectivity index (χ1n) is 8.45. The van der Waals surface area contributed by atoms with Gasteiger partial charge in [0.15, 0.2) is 0 Å². The maximum absolute atomic E-state index is 12.5. The lowest BCUT2D eigenvalue weighted by molar-refractivity contribution is 0.102. The van der Waals surface area contributed by atoms with E-state index in [1.165, 1.54) is 25.6 Å². The Bertz CT molecular complexity index is 1080. The van der Waals surface area contributed by atoms with Gasteiger partial charge in [0.05, 0.1) is 31.7 Å². The highest BCUT2D eigenvalue weighted by Gasteiger charge is 2.14. The fourth-order valence-electron chi connectivity index (χ4n) is 2.72. The number of nitrogens with zero attached hydrogens (tertiary/aromatic N) is 3. The second-order valence-corrected chi connectivity index (χ2v) is 7.00. The van der Waals surface area contributed by atoms with E-state index in [1.54, 1.807) is 18.2 Å². The number of methoxy groups -OCH3 is 2. The standard InChI is InChI=1S/C19H17N5O3S/c1-26-12-7-11(8-13(9-12)27-2)18(25)22-19-24-23-17(28-19)10-16-20-14-5-3-4-6-15(14)21-16/h3-9H,10H2,1-2H3,(H,20,21)(H,22,24,25). The highest BCUT2D eigenvalue weighted by molar-refractivity contribution is 7.15. The third-order valence-electron chi connectivity index (χ3n) is 4.06. The van der Waals surface area contributed by atoms with Crippen LogP contribution < -0.4 is 14.8 Å². The number of H-pyrrole nitrogens is 1. The molecule has 142 valence electrons. The van der Waals surface area contributed by atoms with E-state index in [9.17, 15) is 4.79 Å². The van der Waals surface area contributed by atoms with E-state index in [-0.39, 0.29) is 5.91 Å². The molecule has 2 aromatic carbocycles. The van der Waals surface area contributed by atoms with Gasteiger partial charge in [-0.2, -0.15) is 0 Å². The molecule has 2 N–H and O–H groups in total. The van der Waals surface area contributed by atoms with Crippen molar-refractivity contribution < 1.29 is 14.3 Å². The first-order chi connectivity index (χ1) is 13.6. The van der Waals surface area contributed by atoms with Crippen LogP contribution in [0.2, 0.25) is 0 Å². The van der Waals surface area contributed by atoms with Crippen LogP contribution in [-0.4, -0.2) is 40.3 Å². The maximum atomic E-state index is 12.5. The lowest BCUT2D eigenvalue weighted by atomic mass is 10.2. The highest BCUT2D eigenvalue weighted by atomic mass is 32.1. The Morgan fingerprint density at radius 3 is 2.57 bits per heavy atom. The van der Waals surface area contributed by atoms with E-state index in [0.717, 1.165) is 21.9 Å². The van der Waals surface area contributed by atoms with Gasteiger partial charge in [-0.15, -0.1) is 10.2 Å². The van der Waals surface area contributed by atoms with Gasteiger partial charge >= 0.3 is 0 Å². The molecule has 9 heteroatoms. The van der Waals surface area contributed by atoms with Crippen molar-refractivity contribution in [2.24, 2.45) is 0 Å². The van der Waals surface area contributed by atoms with Gasteiger partial charge in [0, 0.05) is 11.6 Å². The van der Waals surface area contributed by atoms with E-state index in [1.807, 2.05) is 24.3 Å². The number of hydrogen-bond acceptors (Lipinski definition) is 7. The van der Waals surface area contributed by atoms with Crippen molar-refractivity contribution in [3.63, 3.8) is 0 Å². The molecule has 0 atom stereocenters. The number of imidazole rings is 1. The number of carbonyl (C=O) groups is 1. The monoisotopic (exact) mass is 395 g/mol. The SMILES string of the molecule is COc1cc(OC)cc(C(=O)Nc2nnc(Cc3nc4ccccc4[nH]3)s2)c1. The summed E-state index contributed by atoms with van der Waals surface area (Å²) in [6.07, 6.45) is 0.509. The summed E-state index contributed by atoms with van der Waals surface area (Å²) < 4.78 is 10.4. The number of amides is 1. The minimum Gasteiger partial charge on any atom is -0.497 e. The number of ether oxygens (including phenoxy) is 2. The lowest BCUT2D eigenvalue weighted by Gasteiger charge is -2.07. The number of nitrogens with one attached hydrogen (secondary N) is 2. The molecule has 0 aliphatic rings. The Kier molecular flexibility index (Phi) is 4.90. The van der Waals surface area contributed by atoms with Crippen LogP contribution in [0.3, 0.4) is 0 Å². The number of hydrogen-bond donors (Lipinski definition) is 2. The van der Waals surface area contributed by atoms with Gasteiger partial charge in [-0.1, -0.05) is 23.5 Å². The van der Waals surface area contributed by atoms with Crippen molar-refractivity contribution >= 4 is 33.4 Å². The van der Waals surface area contributed by atoms with Crippen LogP contribution >= 0.6 is 11.3 Å². The predicted molar refractivity (Wildman–Crippen MR) is 106 cm³/mol. The molecule has 0 spiro atoms. The van der Waals surface area contributed by atoms with E-state index in [4.69, 9.17) is 9.47 Å². The van der Waals surface area contributed by atoms with Crippen molar-refractivity contribution in [1.29, 1.82) is 0 Å². The fraction of sp³-hybridized carbons (Fsp3) is 0.158. The molecule has 4 aromatic rings. The number of carbonyl (C=O) groups excluding carboxylic acids is 1. The third-order valence-corrected chi connectivity index (χ3v) is 4.90. The van der Waals surface area contributed by atoms with Crippen LogP contribution in [0.1, 0.15) is 21.2 Å². The molecule has 0 saturated carbocycles. The van der Waals surface area contributed by atoms with Gasteiger partial charge in [-0.25, -0.2) is 4.98 Å². The quantitative estimate of drug-likeness (QED) is 0.519. The number of fused-ring (bicyclic) bond motifs is 1. The summed E-state index contributed by atoms with van der Waals surface area (Å²) in [7, 11) is 3.07. The van der Waals surface area contributed by atoms with Crippen molar-refractivity contribution in [1.82, 2.24) is 20.2 Å². The van der Waals surface area contributed by atoms with Gasteiger partial charge in [0.2, 0.25) is 5.13 Å². The third kappa shape index (κ3) is 3.79. The summed E-state index contributed by atoms with van der Waals surface area (Å²) in [6, 6.07) is 12.8. The van der Waals surface area contributed by atoms with Crippen LogP contribution in [0.25, 0.3) is 11.0 Å². The highest BCUT2D eigenvalue weighted by Crippen LogP contribution is 2.24. The first-order valence-corrected chi connectivity index (χ1v) is 9.26. The van der Waals surface area contributed by atoms with Crippen LogP contribution in [0.4, 0.5) is 5.13 Å². The Morgan fingerprint density at radius 1 is 1.11 bits per heavy atom. The molecule has 2 aromatic heterocycles. The zero-order valence-electron chi connectivity index (χ0n) is 15.2. The Morgan fingerprint density at radius 2 is 1.86 bits per heavy atom. The number of benzene rings is 2. The van der Waals surface area contributed by atoms with E-state index >= 15 is 0 Å². The second-order valence-electron chi connectivity index (χ2n) is 5.93. The minimum atomic E-state index is -0.316. The largest absolute Gasteiger partial charge is 0.497 e. The van der Waals surface area contributed by atoms with Gasteiger partial charge < -0.3 is 14.5 Å². The molecule has 0 aliphatic carbocycles. The molecule has 8 nitrogen and oxygen atoms in total. The van der Waals surface area contributed by atoms with E-state index < -0.39 is 0 Å². The van der Waals surface area contributed by atoms with Gasteiger partial charge in [-0.05, 0) is 24.3 Å². The average molecular weight is 395 g/mol. The molecular weight excluding hydrogens is 378 g/mol. The van der Waals surface area contributed by atoms with Gasteiger partial charge in [-0.3, -0.25) is 10.1 Å². The van der Waals surface area contributed by atoms with Gasteiger partial charge in [0.1, 0.15) is 22.3 Å². The molecule has 1 amide bonds. The molecule has 0 unspecified atom stereocenters. The average Bonchev–Trinajstić information content (AvgIpc) is 3.33. The number of aromatic amines is 1. The fourth-order valence-corrected chi connectivity index (χ4v) is 3.46. The van der Waals surface area contributed by atoms with Crippen molar-refractivity contribution in [2.75, 3.05) is 19.5 Å². The summed E-state index contributed by atoms with van der Waals surface area (Å²) in [5.41, 5.74) is 2.29. The Hall–Kier alpha value is -3.46.